The lowest BCUT2D eigenvalue weighted by Crippen LogP contribution is -2.43. The van der Waals surface area contributed by atoms with Gasteiger partial charge < -0.3 is 16.0 Å². The predicted octanol–water partition coefficient (Wildman–Crippen LogP) is 2.37. The third-order valence-electron chi connectivity index (χ3n) is 6.05. The number of thiophene rings is 1. The zero-order valence-corrected chi connectivity index (χ0v) is 18.3. The molecule has 2 saturated heterocycles. The Morgan fingerprint density at radius 1 is 1.06 bits per heavy atom. The highest BCUT2D eigenvalue weighted by molar-refractivity contribution is 7.10. The van der Waals surface area contributed by atoms with Gasteiger partial charge in [-0.3, -0.25) is 19.3 Å². The molecule has 2 fully saturated rings. The highest BCUT2D eigenvalue weighted by atomic mass is 32.1. The topological polar surface area (TPSA) is 95.7 Å². The molecule has 0 saturated carbocycles. The van der Waals surface area contributed by atoms with Crippen molar-refractivity contribution in [2.24, 2.45) is 5.73 Å². The zero-order chi connectivity index (χ0) is 21.8. The van der Waals surface area contributed by atoms with Crippen LogP contribution in [0.3, 0.4) is 0 Å². The fourth-order valence-electron chi connectivity index (χ4n) is 4.55. The van der Waals surface area contributed by atoms with Gasteiger partial charge in [-0.15, -0.1) is 11.3 Å². The van der Waals surface area contributed by atoms with Crippen molar-refractivity contribution in [2.75, 3.05) is 18.4 Å². The number of amides is 3. The molecule has 0 spiro atoms. The minimum absolute atomic E-state index is 0.000350. The molecule has 2 unspecified atom stereocenters. The van der Waals surface area contributed by atoms with Crippen LogP contribution in [0.1, 0.15) is 36.1 Å². The van der Waals surface area contributed by atoms with Crippen molar-refractivity contribution in [1.29, 1.82) is 0 Å². The number of carbonyl (C=O) groups excluding carboxylic acids is 3. The first-order chi connectivity index (χ1) is 15.0. The molecule has 31 heavy (non-hydrogen) atoms. The van der Waals surface area contributed by atoms with Gasteiger partial charge in [0.15, 0.2) is 0 Å². The fraction of sp³-hybridized carbons (Fsp3) is 0.435. The van der Waals surface area contributed by atoms with Crippen LogP contribution in [0.2, 0.25) is 0 Å². The second-order valence-corrected chi connectivity index (χ2v) is 9.25. The molecule has 2 atom stereocenters. The fourth-order valence-corrected chi connectivity index (χ4v) is 5.24. The number of hydrogen-bond acceptors (Lipinski definition) is 5. The quantitative estimate of drug-likeness (QED) is 0.691. The zero-order valence-electron chi connectivity index (χ0n) is 17.5. The first-order valence-corrected chi connectivity index (χ1v) is 11.6. The van der Waals surface area contributed by atoms with Gasteiger partial charge in [0.25, 0.3) is 0 Å². The first kappa shape index (κ1) is 21.5. The average molecular weight is 441 g/mol. The molecule has 4 rings (SSSR count). The normalized spacial score (nSPS) is 21.4. The number of likely N-dealkylation sites (tertiary alicyclic amines) is 2. The number of benzene rings is 1. The summed E-state index contributed by atoms with van der Waals surface area (Å²) in [5, 5.41) is 4.94. The number of nitrogens with one attached hydrogen (secondary N) is 1. The molecule has 0 radical (unpaired) electrons. The van der Waals surface area contributed by atoms with Crippen molar-refractivity contribution in [3.05, 3.63) is 52.2 Å². The highest BCUT2D eigenvalue weighted by Gasteiger charge is 2.34. The van der Waals surface area contributed by atoms with E-state index in [1.165, 1.54) is 0 Å². The summed E-state index contributed by atoms with van der Waals surface area (Å²) in [5.41, 5.74) is 7.24. The van der Waals surface area contributed by atoms with Crippen molar-refractivity contribution in [3.63, 3.8) is 0 Å². The SMILES string of the molecule is NC(=O)C1CCCN1Cc1cccc(NC(=O)C2CCCN2C(=O)Cc2cccs2)c1. The molecule has 7 nitrogen and oxygen atoms in total. The largest absolute Gasteiger partial charge is 0.368 e. The van der Waals surface area contributed by atoms with Crippen molar-refractivity contribution in [3.8, 4) is 0 Å². The minimum atomic E-state index is -0.436. The van der Waals surface area contributed by atoms with Gasteiger partial charge >= 0.3 is 0 Å². The lowest BCUT2D eigenvalue weighted by atomic mass is 10.1. The third-order valence-corrected chi connectivity index (χ3v) is 6.93. The van der Waals surface area contributed by atoms with Crippen LogP contribution < -0.4 is 11.1 Å². The molecule has 3 amide bonds. The molecule has 1 aromatic carbocycles. The summed E-state index contributed by atoms with van der Waals surface area (Å²) in [6, 6.07) is 10.9. The average Bonchev–Trinajstić information content (AvgIpc) is 3.50. The second kappa shape index (κ2) is 9.62. The molecule has 3 heterocycles. The summed E-state index contributed by atoms with van der Waals surface area (Å²) in [5.74, 6) is -0.429. The van der Waals surface area contributed by atoms with Gasteiger partial charge in [0.2, 0.25) is 17.7 Å². The van der Waals surface area contributed by atoms with Crippen LogP contribution in [-0.4, -0.2) is 52.7 Å². The smallest absolute Gasteiger partial charge is 0.247 e. The summed E-state index contributed by atoms with van der Waals surface area (Å²) in [7, 11) is 0. The molecule has 1 aromatic heterocycles. The number of anilines is 1. The van der Waals surface area contributed by atoms with Gasteiger partial charge in [0.05, 0.1) is 12.5 Å². The second-order valence-electron chi connectivity index (χ2n) is 8.22. The number of hydrogen-bond donors (Lipinski definition) is 2. The van der Waals surface area contributed by atoms with Crippen molar-refractivity contribution < 1.29 is 14.4 Å². The molecular weight excluding hydrogens is 412 g/mol. The third kappa shape index (κ3) is 5.14. The van der Waals surface area contributed by atoms with E-state index in [1.54, 1.807) is 16.2 Å². The van der Waals surface area contributed by atoms with E-state index >= 15 is 0 Å². The number of nitrogens with zero attached hydrogens (tertiary/aromatic N) is 2. The molecule has 8 heteroatoms. The molecule has 3 N–H and O–H groups in total. The molecule has 0 bridgehead atoms. The maximum atomic E-state index is 13.0. The van der Waals surface area contributed by atoms with Gasteiger partial charge in [-0.2, -0.15) is 0 Å². The molecular formula is C23H28N4O3S. The molecule has 2 aliphatic rings. The van der Waals surface area contributed by atoms with Crippen LogP contribution in [-0.2, 0) is 27.3 Å². The van der Waals surface area contributed by atoms with Crippen LogP contribution in [0, 0.1) is 0 Å². The maximum absolute atomic E-state index is 13.0. The van der Waals surface area contributed by atoms with E-state index in [4.69, 9.17) is 5.73 Å². The molecule has 0 aliphatic carbocycles. The Balaban J connectivity index is 1.38. The van der Waals surface area contributed by atoms with Crippen molar-refractivity contribution >= 4 is 34.7 Å². The monoisotopic (exact) mass is 440 g/mol. The van der Waals surface area contributed by atoms with E-state index in [-0.39, 0.29) is 23.8 Å². The van der Waals surface area contributed by atoms with E-state index in [0.29, 0.717) is 31.6 Å². The van der Waals surface area contributed by atoms with E-state index in [1.807, 2.05) is 41.8 Å². The standard InChI is InChI=1S/C23H28N4O3S/c24-22(29)19-8-2-10-26(19)15-16-5-1-6-17(13-16)25-23(30)20-9-3-11-27(20)21(28)14-18-7-4-12-31-18/h1,4-7,12-13,19-20H,2-3,8-11,14-15H2,(H2,24,29)(H,25,30). The molecule has 164 valence electrons. The molecule has 2 aromatic rings. The Hall–Kier alpha value is -2.71. The van der Waals surface area contributed by atoms with E-state index in [0.717, 1.165) is 36.2 Å². The Bertz CT molecular complexity index is 946. The summed E-state index contributed by atoms with van der Waals surface area (Å²) in [6.07, 6.45) is 3.60. The number of primary amides is 1. The Morgan fingerprint density at radius 2 is 1.87 bits per heavy atom. The summed E-state index contributed by atoms with van der Waals surface area (Å²) in [6.45, 7) is 2.07. The number of carbonyl (C=O) groups is 3. The van der Waals surface area contributed by atoms with Crippen molar-refractivity contribution in [2.45, 2.75) is 50.7 Å². The maximum Gasteiger partial charge on any atom is 0.247 e. The van der Waals surface area contributed by atoms with E-state index in [9.17, 15) is 14.4 Å². The van der Waals surface area contributed by atoms with Crippen LogP contribution in [0.5, 0.6) is 0 Å². The van der Waals surface area contributed by atoms with Crippen LogP contribution in [0.25, 0.3) is 0 Å². The van der Waals surface area contributed by atoms with E-state index in [2.05, 4.69) is 10.2 Å². The molecule has 2 aliphatic heterocycles. The Morgan fingerprint density at radius 3 is 2.65 bits per heavy atom. The minimum Gasteiger partial charge on any atom is -0.368 e. The van der Waals surface area contributed by atoms with Gasteiger partial charge in [0.1, 0.15) is 6.04 Å². The van der Waals surface area contributed by atoms with Gasteiger partial charge in [0, 0.05) is 23.7 Å². The van der Waals surface area contributed by atoms with Gasteiger partial charge in [-0.25, -0.2) is 0 Å². The number of nitrogens with two attached hydrogens (primary N) is 1. The summed E-state index contributed by atoms with van der Waals surface area (Å²) < 4.78 is 0. The van der Waals surface area contributed by atoms with Crippen molar-refractivity contribution in [1.82, 2.24) is 9.80 Å². The predicted molar refractivity (Wildman–Crippen MR) is 120 cm³/mol. The van der Waals surface area contributed by atoms with Gasteiger partial charge in [-0.1, -0.05) is 18.2 Å². The van der Waals surface area contributed by atoms with Crippen LogP contribution in [0.4, 0.5) is 5.69 Å². The highest BCUT2D eigenvalue weighted by Crippen LogP contribution is 2.24. The summed E-state index contributed by atoms with van der Waals surface area (Å²) >= 11 is 1.56. The Labute approximate surface area is 186 Å². The van der Waals surface area contributed by atoms with Crippen LogP contribution in [0.15, 0.2) is 41.8 Å². The lowest BCUT2D eigenvalue weighted by molar-refractivity contribution is -0.136. The van der Waals surface area contributed by atoms with E-state index < -0.39 is 6.04 Å². The first-order valence-electron chi connectivity index (χ1n) is 10.8. The van der Waals surface area contributed by atoms with Crippen LogP contribution >= 0.6 is 11.3 Å². The summed E-state index contributed by atoms with van der Waals surface area (Å²) in [4.78, 5) is 42.1. The lowest BCUT2D eigenvalue weighted by Gasteiger charge is -2.24. The Kier molecular flexibility index (Phi) is 6.67. The van der Waals surface area contributed by atoms with Gasteiger partial charge in [-0.05, 0) is 61.4 Å². The number of rotatable bonds is 7.